The van der Waals surface area contributed by atoms with Crippen molar-refractivity contribution in [3.05, 3.63) is 45.3 Å². The van der Waals surface area contributed by atoms with Gasteiger partial charge in [0.05, 0.1) is 17.1 Å². The van der Waals surface area contributed by atoms with Gasteiger partial charge in [-0.15, -0.1) is 0 Å². The topological polar surface area (TPSA) is 121 Å². The highest BCUT2D eigenvalue weighted by atomic mass is 127. The van der Waals surface area contributed by atoms with Gasteiger partial charge in [0.1, 0.15) is 17.0 Å². The maximum Gasteiger partial charge on any atom is 0.273 e. The van der Waals surface area contributed by atoms with Crippen LogP contribution in [0.1, 0.15) is 17.0 Å². The number of hydrogen-bond donors (Lipinski definition) is 4. The molecule has 0 radical (unpaired) electrons. The van der Waals surface area contributed by atoms with Gasteiger partial charge in [-0.1, -0.05) is 6.07 Å². The highest BCUT2D eigenvalue weighted by Gasteiger charge is 2.20. The first-order valence-electron chi connectivity index (χ1n) is 7.50. The molecule has 0 saturated heterocycles. The number of rotatable bonds is 4. The zero-order valence-electron chi connectivity index (χ0n) is 13.9. The second-order valence-electron chi connectivity index (χ2n) is 5.58. The number of aromatic amines is 1. The Bertz CT molecular complexity index is 1100. The van der Waals surface area contributed by atoms with Crippen LogP contribution >= 0.6 is 28.4 Å². The van der Waals surface area contributed by atoms with Crippen LogP contribution in [0, 0.1) is 25.1 Å². The quantitative estimate of drug-likeness (QED) is 0.256. The molecule has 10 heteroatoms. The number of hydrogen-bond acceptors (Lipinski definition) is 6. The summed E-state index contributed by atoms with van der Waals surface area (Å²) in [7, 11) is 0. The number of aromatic nitrogens is 3. The van der Waals surface area contributed by atoms with E-state index >= 15 is 0 Å². The maximum atomic E-state index is 14.2. The Kier molecular flexibility index (Phi) is 5.19. The summed E-state index contributed by atoms with van der Waals surface area (Å²) in [6.45, 7) is 3.60. The van der Waals surface area contributed by atoms with Crippen molar-refractivity contribution in [2.45, 2.75) is 13.8 Å². The van der Waals surface area contributed by atoms with Gasteiger partial charge in [-0.2, -0.15) is 0 Å². The van der Waals surface area contributed by atoms with Gasteiger partial charge in [0, 0.05) is 23.7 Å². The summed E-state index contributed by atoms with van der Waals surface area (Å²) in [6, 6.07) is 2.78. The van der Waals surface area contributed by atoms with Crippen molar-refractivity contribution in [3.63, 3.8) is 0 Å². The Morgan fingerprint density at radius 2 is 2.04 bits per heavy atom. The van der Waals surface area contributed by atoms with E-state index in [1.807, 2.05) is 0 Å². The van der Waals surface area contributed by atoms with Gasteiger partial charge in [-0.3, -0.25) is 4.79 Å². The number of nitrogens with two attached hydrogens (primary N) is 1. The van der Waals surface area contributed by atoms with E-state index in [-0.39, 0.29) is 17.7 Å². The molecule has 0 aliphatic carbocycles. The number of nitrogens with one attached hydrogen (secondary N) is 3. The van der Waals surface area contributed by atoms with Crippen LogP contribution in [-0.2, 0) is 0 Å². The van der Waals surface area contributed by atoms with Crippen LogP contribution in [0.3, 0.4) is 0 Å². The molecule has 0 spiro atoms. The molecule has 0 aliphatic heterocycles. The molecule has 134 valence electrons. The summed E-state index contributed by atoms with van der Waals surface area (Å²) in [6.07, 6.45) is 1.25. The molecule has 26 heavy (non-hydrogen) atoms. The summed E-state index contributed by atoms with van der Waals surface area (Å²) in [4.78, 5) is 23.8. The van der Waals surface area contributed by atoms with Crippen LogP contribution in [0.15, 0.2) is 16.9 Å². The number of benzene rings is 1. The zero-order chi connectivity index (χ0) is 19.0. The smallest absolute Gasteiger partial charge is 0.273 e. The van der Waals surface area contributed by atoms with Crippen LogP contribution in [0.5, 0.6) is 0 Å². The standard InChI is InChI=1S/C16H15FIN6OP/c1-6-7(2)22-15-14(21-6)11(12(20)16(25)23-15)8-3-4-10(17)13(24-26-18)9(8)5-19/h3-5,19,24,26H,20H2,1-2H3,(H,22,23,25). The molecule has 0 fully saturated rings. The predicted molar refractivity (Wildman–Crippen MR) is 113 cm³/mol. The van der Waals surface area contributed by atoms with Gasteiger partial charge in [0.2, 0.25) is 0 Å². The first-order chi connectivity index (χ1) is 12.4. The van der Waals surface area contributed by atoms with Crippen molar-refractivity contribution in [2.75, 3.05) is 10.8 Å². The third kappa shape index (κ3) is 3.05. The molecule has 7 nitrogen and oxygen atoms in total. The molecule has 0 saturated carbocycles. The van der Waals surface area contributed by atoms with Crippen molar-refractivity contribution in [2.24, 2.45) is 0 Å². The minimum atomic E-state index is -0.504. The summed E-state index contributed by atoms with van der Waals surface area (Å²) in [5, 5.41) is 10.7. The molecule has 1 atom stereocenters. The molecule has 2 aromatic heterocycles. The largest absolute Gasteiger partial charge is 0.394 e. The lowest BCUT2D eigenvalue weighted by atomic mass is 9.97. The minimum Gasteiger partial charge on any atom is -0.394 e. The molecular formula is C16H15FIN6OP. The van der Waals surface area contributed by atoms with E-state index in [2.05, 4.69) is 42.1 Å². The average molecular weight is 484 g/mol. The second-order valence-corrected chi connectivity index (χ2v) is 7.64. The second kappa shape index (κ2) is 7.24. The van der Waals surface area contributed by atoms with Crippen molar-refractivity contribution >= 4 is 57.2 Å². The zero-order valence-corrected chi connectivity index (χ0v) is 17.0. The first kappa shape index (κ1) is 18.7. The molecule has 2 heterocycles. The van der Waals surface area contributed by atoms with Crippen LogP contribution in [0.4, 0.5) is 15.8 Å². The summed E-state index contributed by atoms with van der Waals surface area (Å²) >= 11 is 2.07. The lowest BCUT2D eigenvalue weighted by Crippen LogP contribution is -2.16. The highest BCUT2D eigenvalue weighted by molar-refractivity contribution is 14.2. The molecule has 1 aromatic carbocycles. The fraction of sp³-hybridized carbons (Fsp3) is 0.125. The molecule has 3 aromatic rings. The lowest BCUT2D eigenvalue weighted by Gasteiger charge is -2.16. The Hall–Kier alpha value is -2.13. The predicted octanol–water partition coefficient (Wildman–Crippen LogP) is 3.68. The number of halogens is 2. The molecule has 0 bridgehead atoms. The van der Waals surface area contributed by atoms with E-state index in [1.54, 1.807) is 13.8 Å². The van der Waals surface area contributed by atoms with Crippen LogP contribution in [0.2, 0.25) is 0 Å². The molecule has 0 aliphatic rings. The fourth-order valence-corrected chi connectivity index (χ4v) is 3.85. The van der Waals surface area contributed by atoms with E-state index in [9.17, 15) is 9.18 Å². The Morgan fingerprint density at radius 1 is 1.35 bits per heavy atom. The molecule has 0 amide bonds. The van der Waals surface area contributed by atoms with Crippen LogP contribution < -0.4 is 16.4 Å². The van der Waals surface area contributed by atoms with Gasteiger partial charge in [0.25, 0.3) is 5.56 Å². The van der Waals surface area contributed by atoms with Crippen molar-refractivity contribution < 1.29 is 4.39 Å². The summed E-state index contributed by atoms with van der Waals surface area (Å²) < 4.78 is 14.2. The number of fused-ring (bicyclic) bond motifs is 1. The number of aryl methyl sites for hydroxylation is 2. The summed E-state index contributed by atoms with van der Waals surface area (Å²) in [5.41, 5.74) is 8.86. The maximum absolute atomic E-state index is 14.2. The normalized spacial score (nSPS) is 11.4. The van der Waals surface area contributed by atoms with E-state index < -0.39 is 11.4 Å². The van der Waals surface area contributed by atoms with Crippen molar-refractivity contribution in [3.8, 4) is 11.1 Å². The number of anilines is 2. The Balaban J connectivity index is 2.48. The van der Waals surface area contributed by atoms with Gasteiger partial charge in [-0.05, 0) is 47.5 Å². The number of pyridine rings is 1. The van der Waals surface area contributed by atoms with Gasteiger partial charge in [-0.25, -0.2) is 14.4 Å². The third-order valence-corrected chi connectivity index (χ3v) is 5.22. The number of H-pyrrole nitrogens is 1. The van der Waals surface area contributed by atoms with E-state index in [4.69, 9.17) is 11.1 Å². The summed E-state index contributed by atoms with van der Waals surface area (Å²) in [5.74, 6) is -0.484. The highest BCUT2D eigenvalue weighted by Crippen LogP contribution is 2.38. The molecule has 3 rings (SSSR count). The molecule has 1 unspecified atom stereocenters. The fourth-order valence-electron chi connectivity index (χ4n) is 2.69. The van der Waals surface area contributed by atoms with Gasteiger partial charge >= 0.3 is 0 Å². The minimum absolute atomic E-state index is 0.0485. The first-order valence-corrected chi connectivity index (χ1v) is 11.6. The van der Waals surface area contributed by atoms with Crippen molar-refractivity contribution in [1.29, 1.82) is 5.41 Å². The monoisotopic (exact) mass is 484 g/mol. The van der Waals surface area contributed by atoms with Gasteiger partial charge < -0.3 is 21.2 Å². The van der Waals surface area contributed by atoms with Crippen LogP contribution in [-0.4, -0.2) is 21.2 Å². The lowest BCUT2D eigenvalue weighted by molar-refractivity contribution is 0.632. The SMILES string of the molecule is Cc1nc2[nH]c(=O)c(N)c(-c3ccc(F)c(NPI)c3C=N)c2nc1C. The van der Waals surface area contributed by atoms with Crippen LogP contribution in [0.25, 0.3) is 22.3 Å². The van der Waals surface area contributed by atoms with E-state index in [0.717, 1.165) is 6.21 Å². The van der Waals surface area contributed by atoms with Crippen molar-refractivity contribution in [1.82, 2.24) is 15.0 Å². The Labute approximate surface area is 162 Å². The Morgan fingerprint density at radius 3 is 2.69 bits per heavy atom. The van der Waals surface area contributed by atoms with E-state index in [1.165, 1.54) is 12.1 Å². The molecule has 5 N–H and O–H groups in total. The van der Waals surface area contributed by atoms with Gasteiger partial charge in [0.15, 0.2) is 5.65 Å². The number of nitrogens with zero attached hydrogens (tertiary/aromatic N) is 2. The average Bonchev–Trinajstić information content (AvgIpc) is 2.60. The number of nitrogen functional groups attached to an aromatic ring is 1. The van der Waals surface area contributed by atoms with E-state index in [0.29, 0.717) is 39.2 Å². The molecular weight excluding hydrogens is 469 g/mol. The third-order valence-electron chi connectivity index (χ3n) is 4.07.